The molecular weight excluding hydrogens is 540 g/mol. The Labute approximate surface area is 244 Å². The normalized spacial score (nSPS) is 13.2. The highest BCUT2D eigenvalue weighted by Gasteiger charge is 2.22. The molecule has 3 rings (SSSR count). The molecule has 0 aliphatic carbocycles. The van der Waals surface area contributed by atoms with E-state index in [1.54, 1.807) is 24.3 Å². The summed E-state index contributed by atoms with van der Waals surface area (Å²) in [5.41, 5.74) is 3.15. The summed E-state index contributed by atoms with van der Waals surface area (Å²) in [6.45, 7) is 1.89. The lowest BCUT2D eigenvalue weighted by Gasteiger charge is -2.25. The first-order chi connectivity index (χ1) is 19.8. The number of nitrogens with two attached hydrogens (primary N) is 1. The van der Waals surface area contributed by atoms with Gasteiger partial charge in [-0.2, -0.15) is 0 Å². The van der Waals surface area contributed by atoms with E-state index in [0.29, 0.717) is 24.2 Å². The summed E-state index contributed by atoms with van der Waals surface area (Å²) >= 11 is 0. The molecule has 6 N–H and O–H groups in total. The summed E-state index contributed by atoms with van der Waals surface area (Å²) in [4.78, 5) is 0.151. The quantitative estimate of drug-likeness (QED) is 0.132. The Morgan fingerprint density at radius 3 is 2.27 bits per heavy atom. The lowest BCUT2D eigenvalue weighted by Crippen LogP contribution is -2.37. The smallest absolute Gasteiger partial charge is 0.238 e. The first kappa shape index (κ1) is 32.7. The van der Waals surface area contributed by atoms with Crippen LogP contribution in [0.15, 0.2) is 77.7 Å². The van der Waals surface area contributed by atoms with E-state index in [1.165, 1.54) is 12.1 Å². The first-order valence-electron chi connectivity index (χ1n) is 14.4. The number of aryl methyl sites for hydroxylation is 1. The molecule has 9 heteroatoms. The van der Waals surface area contributed by atoms with Gasteiger partial charge in [-0.1, -0.05) is 61.4 Å². The number of benzene rings is 3. The van der Waals surface area contributed by atoms with Crippen LogP contribution in [0.25, 0.3) is 0 Å². The Bertz CT molecular complexity index is 1290. The fourth-order valence-corrected chi connectivity index (χ4v) is 5.38. The number of nitrogens with one attached hydrogen (secondary N) is 1. The first-order valence-corrected chi connectivity index (χ1v) is 15.9. The van der Waals surface area contributed by atoms with E-state index in [0.717, 1.165) is 69.2 Å². The standard InChI is InChI=1S/C32H44N2O6S/c33-41(38,39)29-15-10-14-25(21-29)13-6-9-20-40-19-8-2-1-7-18-34-30(22-26-11-4-3-5-12-26)32(37)27-16-17-31(36)28(23-27)24-35/h3-5,10-12,14-17,21,23,30,32,34-37H,1-2,6-9,13,18-20,22,24H2,(H2,33,38,39)/t30?,32-/m1/s1. The lowest BCUT2D eigenvalue weighted by atomic mass is 9.94. The molecule has 224 valence electrons. The van der Waals surface area contributed by atoms with Crippen molar-refractivity contribution in [2.75, 3.05) is 19.8 Å². The van der Waals surface area contributed by atoms with Crippen molar-refractivity contribution in [2.45, 2.75) is 75.0 Å². The molecule has 0 aliphatic rings. The number of aromatic hydroxyl groups is 1. The molecule has 0 spiro atoms. The van der Waals surface area contributed by atoms with Crippen LogP contribution >= 0.6 is 0 Å². The number of aliphatic hydroxyl groups excluding tert-OH is 2. The van der Waals surface area contributed by atoms with Gasteiger partial charge >= 0.3 is 0 Å². The largest absolute Gasteiger partial charge is 0.508 e. The van der Waals surface area contributed by atoms with Crippen molar-refractivity contribution >= 4 is 10.0 Å². The molecule has 0 amide bonds. The SMILES string of the molecule is NS(=O)(=O)c1cccc(CCCCOCCCCCCNC(Cc2ccccc2)[C@H](O)c2ccc(O)c(CO)c2)c1. The van der Waals surface area contributed by atoms with Crippen LogP contribution in [-0.4, -0.2) is 49.5 Å². The van der Waals surface area contributed by atoms with E-state index in [9.17, 15) is 23.7 Å². The summed E-state index contributed by atoms with van der Waals surface area (Å²) < 4.78 is 28.7. The minimum Gasteiger partial charge on any atom is -0.508 e. The molecule has 0 aliphatic heterocycles. The lowest BCUT2D eigenvalue weighted by molar-refractivity contribution is 0.124. The Hall–Kier alpha value is -2.79. The molecule has 0 heterocycles. The Kier molecular flexibility index (Phi) is 13.8. The van der Waals surface area contributed by atoms with Crippen molar-refractivity contribution in [2.24, 2.45) is 5.14 Å². The Balaban J connectivity index is 1.31. The van der Waals surface area contributed by atoms with Crippen LogP contribution in [0, 0.1) is 0 Å². The number of phenols is 1. The van der Waals surface area contributed by atoms with Gasteiger partial charge in [-0.25, -0.2) is 13.6 Å². The highest BCUT2D eigenvalue weighted by atomic mass is 32.2. The van der Waals surface area contributed by atoms with Crippen LogP contribution in [-0.2, 0) is 34.2 Å². The topological polar surface area (TPSA) is 142 Å². The van der Waals surface area contributed by atoms with Crippen LogP contribution in [0.2, 0.25) is 0 Å². The summed E-state index contributed by atoms with van der Waals surface area (Å²) in [6.07, 6.45) is 6.57. The molecule has 8 nitrogen and oxygen atoms in total. The van der Waals surface area contributed by atoms with Crippen molar-refractivity contribution in [1.82, 2.24) is 5.32 Å². The van der Waals surface area contributed by atoms with Gasteiger partial charge in [-0.3, -0.25) is 0 Å². The molecule has 0 fully saturated rings. The maximum atomic E-state index is 11.5. The monoisotopic (exact) mass is 584 g/mol. The second-order valence-electron chi connectivity index (χ2n) is 10.4. The molecule has 0 radical (unpaired) electrons. The van der Waals surface area contributed by atoms with Crippen LogP contribution in [0.5, 0.6) is 5.75 Å². The summed E-state index contributed by atoms with van der Waals surface area (Å²) in [6, 6.07) is 21.5. The molecule has 0 aromatic heterocycles. The van der Waals surface area contributed by atoms with Crippen molar-refractivity contribution < 1.29 is 28.5 Å². The maximum absolute atomic E-state index is 11.5. The number of aliphatic hydroxyl groups is 2. The van der Waals surface area contributed by atoms with Gasteiger partial charge in [0, 0.05) is 24.8 Å². The van der Waals surface area contributed by atoms with E-state index < -0.39 is 16.1 Å². The van der Waals surface area contributed by atoms with Gasteiger partial charge < -0.3 is 25.4 Å². The van der Waals surface area contributed by atoms with Gasteiger partial charge in [0.15, 0.2) is 0 Å². The van der Waals surface area contributed by atoms with Crippen molar-refractivity contribution in [3.8, 4) is 5.75 Å². The third-order valence-corrected chi connectivity index (χ3v) is 8.06. The highest BCUT2D eigenvalue weighted by molar-refractivity contribution is 7.89. The minimum atomic E-state index is -3.67. The fraction of sp³-hybridized carbons (Fsp3) is 0.438. The number of primary sulfonamides is 1. The third-order valence-electron chi connectivity index (χ3n) is 7.15. The molecular formula is C32H44N2O6S. The predicted molar refractivity (Wildman–Crippen MR) is 161 cm³/mol. The van der Waals surface area contributed by atoms with Gasteiger partial charge in [0.2, 0.25) is 10.0 Å². The number of sulfonamides is 1. The van der Waals surface area contributed by atoms with Crippen LogP contribution in [0.1, 0.15) is 66.9 Å². The molecule has 1 unspecified atom stereocenters. The summed E-state index contributed by atoms with van der Waals surface area (Å²) in [5, 5.41) is 39.3. The van der Waals surface area contributed by atoms with Gasteiger partial charge in [0.1, 0.15) is 5.75 Å². The predicted octanol–water partition coefficient (Wildman–Crippen LogP) is 4.37. The molecule has 0 saturated heterocycles. The Morgan fingerprint density at radius 2 is 1.54 bits per heavy atom. The van der Waals surface area contributed by atoms with Crippen LogP contribution < -0.4 is 10.5 Å². The number of rotatable bonds is 19. The fourth-order valence-electron chi connectivity index (χ4n) is 4.80. The van der Waals surface area contributed by atoms with E-state index >= 15 is 0 Å². The molecule has 0 bridgehead atoms. The zero-order valence-electron chi connectivity index (χ0n) is 23.6. The zero-order chi connectivity index (χ0) is 29.5. The summed E-state index contributed by atoms with van der Waals surface area (Å²) in [5.74, 6) is 0.0214. The second kappa shape index (κ2) is 17.2. The molecule has 3 aromatic rings. The van der Waals surface area contributed by atoms with Crippen LogP contribution in [0.4, 0.5) is 0 Å². The zero-order valence-corrected chi connectivity index (χ0v) is 24.4. The molecule has 41 heavy (non-hydrogen) atoms. The molecule has 2 atom stereocenters. The van der Waals surface area contributed by atoms with Crippen molar-refractivity contribution in [1.29, 1.82) is 0 Å². The number of hydrogen-bond acceptors (Lipinski definition) is 7. The molecule has 0 saturated carbocycles. The van der Waals surface area contributed by atoms with E-state index in [-0.39, 0.29) is 23.3 Å². The van der Waals surface area contributed by atoms with E-state index in [2.05, 4.69) is 5.32 Å². The van der Waals surface area contributed by atoms with Crippen molar-refractivity contribution in [3.05, 3.63) is 95.1 Å². The van der Waals surface area contributed by atoms with Crippen molar-refractivity contribution in [3.63, 3.8) is 0 Å². The van der Waals surface area contributed by atoms with Gasteiger partial charge in [0.25, 0.3) is 0 Å². The average Bonchev–Trinajstić information content (AvgIpc) is 2.97. The van der Waals surface area contributed by atoms with Gasteiger partial charge in [-0.05, 0) is 86.0 Å². The van der Waals surface area contributed by atoms with E-state index in [1.807, 2.05) is 36.4 Å². The number of unbranched alkanes of at least 4 members (excludes halogenated alkanes) is 4. The van der Waals surface area contributed by atoms with Gasteiger partial charge in [-0.15, -0.1) is 0 Å². The third kappa shape index (κ3) is 11.5. The number of hydrogen-bond donors (Lipinski definition) is 5. The van der Waals surface area contributed by atoms with Crippen LogP contribution in [0.3, 0.4) is 0 Å². The minimum absolute atomic E-state index is 0.0214. The summed E-state index contributed by atoms with van der Waals surface area (Å²) in [7, 11) is -3.67. The van der Waals surface area contributed by atoms with Gasteiger partial charge in [0.05, 0.1) is 17.6 Å². The maximum Gasteiger partial charge on any atom is 0.238 e. The second-order valence-corrected chi connectivity index (χ2v) is 12.0. The highest BCUT2D eigenvalue weighted by Crippen LogP contribution is 2.26. The Morgan fingerprint density at radius 1 is 0.829 bits per heavy atom. The average molecular weight is 585 g/mol. The number of ether oxygens (including phenoxy) is 1. The van der Waals surface area contributed by atoms with E-state index in [4.69, 9.17) is 9.88 Å². The molecule has 3 aromatic carbocycles.